The molecule has 0 bridgehead atoms. The van der Waals surface area contributed by atoms with E-state index in [9.17, 15) is 28.1 Å². The van der Waals surface area contributed by atoms with Crippen LogP contribution in [0, 0.1) is 24.0 Å². The van der Waals surface area contributed by atoms with Crippen LogP contribution in [-0.2, 0) is 6.18 Å². The number of hydrogen-bond acceptors (Lipinski definition) is 4. The second-order valence-corrected chi connectivity index (χ2v) is 5.08. The van der Waals surface area contributed by atoms with Crippen LogP contribution < -0.4 is 5.32 Å². The van der Waals surface area contributed by atoms with Crippen LogP contribution in [0.2, 0.25) is 0 Å². The highest BCUT2D eigenvalue weighted by Gasteiger charge is 2.31. The van der Waals surface area contributed by atoms with Crippen molar-refractivity contribution in [2.24, 2.45) is 0 Å². The Hall–Kier alpha value is -2.97. The number of rotatable bonds is 3. The van der Waals surface area contributed by atoms with E-state index in [-0.39, 0.29) is 11.4 Å². The zero-order valence-electron chi connectivity index (χ0n) is 12.6. The minimum atomic E-state index is -4.60. The van der Waals surface area contributed by atoms with Gasteiger partial charge >= 0.3 is 6.18 Å². The molecule has 0 atom stereocenters. The summed E-state index contributed by atoms with van der Waals surface area (Å²) >= 11 is 0. The van der Waals surface area contributed by atoms with E-state index >= 15 is 0 Å². The fourth-order valence-corrected chi connectivity index (χ4v) is 2.03. The van der Waals surface area contributed by atoms with Crippen LogP contribution in [0.3, 0.4) is 0 Å². The molecular weight excluding hydrogens is 327 g/mol. The van der Waals surface area contributed by atoms with Gasteiger partial charge in [0.25, 0.3) is 11.6 Å². The van der Waals surface area contributed by atoms with E-state index in [1.54, 1.807) is 13.8 Å². The number of carbonyl (C=O) groups is 1. The molecule has 0 fully saturated rings. The zero-order valence-corrected chi connectivity index (χ0v) is 12.6. The summed E-state index contributed by atoms with van der Waals surface area (Å²) in [6.45, 7) is 3.19. The summed E-state index contributed by atoms with van der Waals surface area (Å²) in [4.78, 5) is 26.1. The number of alkyl halides is 3. The van der Waals surface area contributed by atoms with Crippen molar-refractivity contribution in [1.29, 1.82) is 0 Å². The van der Waals surface area contributed by atoms with E-state index in [0.717, 1.165) is 18.3 Å². The Labute approximate surface area is 134 Å². The molecule has 1 aromatic heterocycles. The molecule has 126 valence electrons. The molecule has 1 amide bonds. The molecule has 0 spiro atoms. The molecule has 0 aliphatic rings. The van der Waals surface area contributed by atoms with Gasteiger partial charge in [0.1, 0.15) is 5.69 Å². The molecule has 0 saturated carbocycles. The highest BCUT2D eigenvalue weighted by atomic mass is 19.4. The first-order valence-electron chi connectivity index (χ1n) is 6.70. The van der Waals surface area contributed by atoms with Gasteiger partial charge in [-0.15, -0.1) is 0 Å². The van der Waals surface area contributed by atoms with Crippen LogP contribution >= 0.6 is 0 Å². The summed E-state index contributed by atoms with van der Waals surface area (Å²) in [6, 6.07) is 4.00. The molecule has 0 radical (unpaired) electrons. The molecule has 0 aliphatic carbocycles. The predicted molar refractivity (Wildman–Crippen MR) is 79.8 cm³/mol. The number of nitrogens with one attached hydrogen (secondary N) is 1. The molecule has 2 rings (SSSR count). The number of carbonyl (C=O) groups excluding carboxylic acids is 1. The lowest BCUT2D eigenvalue weighted by atomic mass is 10.1. The summed E-state index contributed by atoms with van der Waals surface area (Å²) in [5.74, 6) is -0.890. The average molecular weight is 339 g/mol. The minimum absolute atomic E-state index is 0.106. The largest absolute Gasteiger partial charge is 0.416 e. The second kappa shape index (κ2) is 6.26. The monoisotopic (exact) mass is 339 g/mol. The molecule has 0 unspecified atom stereocenters. The van der Waals surface area contributed by atoms with Gasteiger partial charge in [-0.25, -0.2) is 0 Å². The van der Waals surface area contributed by atoms with Gasteiger partial charge in [-0.2, -0.15) is 13.2 Å². The smallest absolute Gasteiger partial charge is 0.320 e. The highest BCUT2D eigenvalue weighted by molar-refractivity contribution is 6.03. The first-order chi connectivity index (χ1) is 11.1. The van der Waals surface area contributed by atoms with Gasteiger partial charge in [-0.05, 0) is 37.6 Å². The molecule has 1 N–H and O–H groups in total. The van der Waals surface area contributed by atoms with Gasteiger partial charge in [0, 0.05) is 23.5 Å². The van der Waals surface area contributed by atoms with Gasteiger partial charge in [0.15, 0.2) is 0 Å². The van der Waals surface area contributed by atoms with Crippen LogP contribution in [0.5, 0.6) is 0 Å². The van der Waals surface area contributed by atoms with Crippen LogP contribution in [0.15, 0.2) is 30.5 Å². The first kappa shape index (κ1) is 17.4. The maximum absolute atomic E-state index is 12.7. The van der Waals surface area contributed by atoms with Crippen LogP contribution in [0.1, 0.15) is 27.2 Å². The van der Waals surface area contributed by atoms with Gasteiger partial charge in [0.2, 0.25) is 0 Å². The molecule has 2 aromatic rings. The van der Waals surface area contributed by atoms with Crippen LogP contribution in [0.25, 0.3) is 0 Å². The number of anilines is 1. The molecule has 24 heavy (non-hydrogen) atoms. The van der Waals surface area contributed by atoms with Crippen LogP contribution in [0.4, 0.5) is 24.5 Å². The summed E-state index contributed by atoms with van der Waals surface area (Å²) < 4.78 is 38.0. The highest BCUT2D eigenvalue weighted by Crippen LogP contribution is 2.29. The number of pyridine rings is 1. The lowest BCUT2D eigenvalue weighted by molar-refractivity contribution is -0.385. The van der Waals surface area contributed by atoms with Gasteiger partial charge in [0.05, 0.1) is 10.5 Å². The van der Waals surface area contributed by atoms with Gasteiger partial charge in [-0.1, -0.05) is 0 Å². The van der Waals surface area contributed by atoms with E-state index < -0.39 is 28.3 Å². The van der Waals surface area contributed by atoms with Crippen molar-refractivity contribution in [1.82, 2.24) is 4.98 Å². The van der Waals surface area contributed by atoms with Crippen molar-refractivity contribution in [2.75, 3.05) is 5.32 Å². The van der Waals surface area contributed by atoms with E-state index in [2.05, 4.69) is 10.3 Å². The maximum Gasteiger partial charge on any atom is 0.416 e. The lowest BCUT2D eigenvalue weighted by Gasteiger charge is -2.10. The van der Waals surface area contributed by atoms with Gasteiger partial charge < -0.3 is 5.32 Å². The normalized spacial score (nSPS) is 11.2. The summed E-state index contributed by atoms with van der Waals surface area (Å²) in [7, 11) is 0. The quantitative estimate of drug-likeness (QED) is 0.679. The number of hydrogen-bond donors (Lipinski definition) is 1. The Morgan fingerprint density at radius 2 is 1.92 bits per heavy atom. The van der Waals surface area contributed by atoms with Crippen LogP contribution in [-0.4, -0.2) is 15.8 Å². The Balaban J connectivity index is 2.32. The fraction of sp³-hybridized carbons (Fsp3) is 0.200. The lowest BCUT2D eigenvalue weighted by Crippen LogP contribution is -2.16. The molecule has 1 heterocycles. The summed E-state index contributed by atoms with van der Waals surface area (Å²) in [5.41, 5.74) is -0.526. The second-order valence-electron chi connectivity index (χ2n) is 5.08. The average Bonchev–Trinajstić information content (AvgIpc) is 2.49. The van der Waals surface area contributed by atoms with E-state index in [0.29, 0.717) is 17.2 Å². The topological polar surface area (TPSA) is 85.1 Å². The Morgan fingerprint density at radius 3 is 2.50 bits per heavy atom. The van der Waals surface area contributed by atoms with Crippen molar-refractivity contribution >= 4 is 17.3 Å². The summed E-state index contributed by atoms with van der Waals surface area (Å²) in [5, 5.41) is 13.3. The third-order valence-corrected chi connectivity index (χ3v) is 3.41. The Morgan fingerprint density at radius 1 is 1.25 bits per heavy atom. The molecule has 6 nitrogen and oxygen atoms in total. The van der Waals surface area contributed by atoms with Crippen molar-refractivity contribution in [3.8, 4) is 0 Å². The predicted octanol–water partition coefficient (Wildman–Crippen LogP) is 3.88. The zero-order chi connectivity index (χ0) is 18.1. The number of nitro benzene ring substituents is 1. The number of nitrogens with zero attached hydrogens (tertiary/aromatic N) is 2. The van der Waals surface area contributed by atoms with Crippen molar-refractivity contribution in [3.05, 3.63) is 63.0 Å². The minimum Gasteiger partial charge on any atom is -0.320 e. The first-order valence-corrected chi connectivity index (χ1v) is 6.70. The summed E-state index contributed by atoms with van der Waals surface area (Å²) in [6.07, 6.45) is -3.72. The molecule has 0 aliphatic heterocycles. The van der Waals surface area contributed by atoms with Crippen molar-refractivity contribution in [3.63, 3.8) is 0 Å². The molecule has 9 heteroatoms. The molecule has 1 aromatic carbocycles. The molecular formula is C15H12F3N3O3. The fourth-order valence-electron chi connectivity index (χ4n) is 2.03. The third kappa shape index (κ3) is 3.67. The number of aromatic nitrogens is 1. The standard InChI is InChI=1S/C15H12F3N3O3/c1-8-5-11(7-13(9(8)2)21(23)24)20-14(22)12-6-10(3-4-19-12)15(16,17)18/h3-7H,1-2H3,(H,20,22). The van der Waals surface area contributed by atoms with Crippen molar-refractivity contribution in [2.45, 2.75) is 20.0 Å². The number of aryl methyl sites for hydroxylation is 1. The maximum atomic E-state index is 12.7. The number of amides is 1. The Bertz CT molecular complexity index is 819. The Kier molecular flexibility index (Phi) is 4.54. The third-order valence-electron chi connectivity index (χ3n) is 3.41. The van der Waals surface area contributed by atoms with Gasteiger partial charge in [-0.3, -0.25) is 19.9 Å². The van der Waals surface area contributed by atoms with E-state index in [1.807, 2.05) is 0 Å². The van der Waals surface area contributed by atoms with E-state index in [4.69, 9.17) is 0 Å². The SMILES string of the molecule is Cc1cc(NC(=O)c2cc(C(F)(F)F)ccn2)cc([N+](=O)[O-])c1C. The van der Waals surface area contributed by atoms with Crippen molar-refractivity contribution < 1.29 is 22.9 Å². The number of benzene rings is 1. The number of halogens is 3. The van der Waals surface area contributed by atoms with E-state index in [1.165, 1.54) is 6.07 Å². The number of nitro groups is 1. The molecule has 0 saturated heterocycles.